The summed E-state index contributed by atoms with van der Waals surface area (Å²) in [7, 11) is 0. The van der Waals surface area contributed by atoms with E-state index in [1.54, 1.807) is 0 Å². The summed E-state index contributed by atoms with van der Waals surface area (Å²) in [6.07, 6.45) is 5.05. The van der Waals surface area contributed by atoms with Gasteiger partial charge < -0.3 is 14.8 Å². The van der Waals surface area contributed by atoms with Gasteiger partial charge in [0.15, 0.2) is 0 Å². The minimum Gasteiger partial charge on any atom is -0.351 e. The molecule has 2 aliphatic rings. The molecule has 0 bridgehead atoms. The van der Waals surface area contributed by atoms with Gasteiger partial charge in [0.2, 0.25) is 0 Å². The summed E-state index contributed by atoms with van der Waals surface area (Å²) in [4.78, 5) is 21.3. The first-order chi connectivity index (χ1) is 12.3. The Balaban J connectivity index is 1.54. The summed E-state index contributed by atoms with van der Waals surface area (Å²) in [6, 6.07) is 10.5. The number of hydrogen-bond acceptors (Lipinski definition) is 3. The third-order valence-corrected chi connectivity index (χ3v) is 6.58. The van der Waals surface area contributed by atoms with E-state index in [2.05, 4.69) is 20.9 Å². The van der Waals surface area contributed by atoms with Crippen molar-refractivity contribution in [2.45, 2.75) is 31.7 Å². The molecule has 0 aliphatic carbocycles. The molecule has 25 heavy (non-hydrogen) atoms. The summed E-state index contributed by atoms with van der Waals surface area (Å²) >= 11 is 2.00. The highest BCUT2D eigenvalue weighted by atomic mass is 32.2. The predicted molar refractivity (Wildman–Crippen MR) is 105 cm³/mol. The average Bonchev–Trinajstić information content (AvgIpc) is 2.95. The zero-order valence-electron chi connectivity index (χ0n) is 14.7. The van der Waals surface area contributed by atoms with Crippen LogP contribution in [0.15, 0.2) is 30.3 Å². The molecule has 134 valence electrons. The first-order valence-corrected chi connectivity index (χ1v) is 10.7. The monoisotopic (exact) mass is 357 g/mol. The molecular formula is C20H27N3OS. The molecule has 4 nitrogen and oxygen atoms in total. The smallest absolute Gasteiger partial charge is 0.270 e. The molecule has 1 N–H and O–H groups in total. The van der Waals surface area contributed by atoms with Crippen LogP contribution in [0, 0.1) is 0 Å². The number of nitrogens with one attached hydrogen (secondary N) is 1. The summed E-state index contributed by atoms with van der Waals surface area (Å²) in [6.45, 7) is 4.28. The fraction of sp³-hybridized carbons (Fsp3) is 0.550. The molecule has 5 heteroatoms. The second-order valence-electron chi connectivity index (χ2n) is 7.21. The Morgan fingerprint density at radius 2 is 1.96 bits per heavy atom. The van der Waals surface area contributed by atoms with E-state index in [0.717, 1.165) is 47.6 Å². The number of likely N-dealkylation sites (tertiary alicyclic amines) is 1. The number of fused-ring (bicyclic) bond motifs is 1. The third-order valence-electron chi connectivity index (χ3n) is 5.38. The number of hydrogen-bond donors (Lipinski definition) is 1. The highest BCUT2D eigenvalue weighted by Crippen LogP contribution is 2.22. The van der Waals surface area contributed by atoms with E-state index < -0.39 is 0 Å². The van der Waals surface area contributed by atoms with Crippen molar-refractivity contribution in [1.29, 1.82) is 0 Å². The number of carbonyl (C=O) groups is 1. The van der Waals surface area contributed by atoms with Crippen molar-refractivity contribution >= 4 is 28.6 Å². The largest absolute Gasteiger partial charge is 0.351 e. The van der Waals surface area contributed by atoms with Crippen LogP contribution in [0.3, 0.4) is 0 Å². The Morgan fingerprint density at radius 3 is 2.80 bits per heavy atom. The summed E-state index contributed by atoms with van der Waals surface area (Å²) in [5, 5.41) is 1.11. The van der Waals surface area contributed by atoms with Gasteiger partial charge in [-0.1, -0.05) is 24.6 Å². The lowest BCUT2D eigenvalue weighted by molar-refractivity contribution is 0.0640. The number of amides is 1. The molecule has 1 aromatic carbocycles. The number of para-hydroxylation sites is 1. The Morgan fingerprint density at radius 1 is 1.12 bits per heavy atom. The van der Waals surface area contributed by atoms with Crippen molar-refractivity contribution in [3.05, 3.63) is 36.0 Å². The fourth-order valence-corrected chi connectivity index (χ4v) is 5.09. The number of nitrogens with zero attached hydrogens (tertiary/aromatic N) is 2. The molecule has 2 aromatic rings. The van der Waals surface area contributed by atoms with E-state index in [4.69, 9.17) is 0 Å². The molecular weight excluding hydrogens is 330 g/mol. The molecule has 0 saturated carbocycles. The van der Waals surface area contributed by atoms with Crippen molar-refractivity contribution in [2.75, 3.05) is 37.7 Å². The van der Waals surface area contributed by atoms with Gasteiger partial charge in [-0.25, -0.2) is 0 Å². The number of benzene rings is 1. The zero-order valence-corrected chi connectivity index (χ0v) is 15.6. The molecule has 3 heterocycles. The van der Waals surface area contributed by atoms with Crippen molar-refractivity contribution in [2.24, 2.45) is 0 Å². The van der Waals surface area contributed by atoms with Crippen LogP contribution in [0.4, 0.5) is 0 Å². The van der Waals surface area contributed by atoms with Crippen molar-refractivity contribution < 1.29 is 4.79 Å². The van der Waals surface area contributed by atoms with Gasteiger partial charge in [-0.15, -0.1) is 0 Å². The van der Waals surface area contributed by atoms with Crippen molar-refractivity contribution in [1.82, 2.24) is 14.8 Å². The SMILES string of the molecule is O=C(c1cc2ccccc2[nH]1)N1CCCSCC1CN1CCCCC1. The first-order valence-electron chi connectivity index (χ1n) is 9.50. The lowest BCUT2D eigenvalue weighted by atomic mass is 10.1. The Kier molecular flexibility index (Phi) is 5.32. The number of aromatic amines is 1. The van der Waals surface area contributed by atoms with Gasteiger partial charge in [-0.2, -0.15) is 11.8 Å². The lowest BCUT2D eigenvalue weighted by Gasteiger charge is -2.35. The van der Waals surface area contributed by atoms with Crippen LogP contribution in [0.5, 0.6) is 0 Å². The number of thioether (sulfide) groups is 1. The van der Waals surface area contributed by atoms with Gasteiger partial charge >= 0.3 is 0 Å². The number of carbonyl (C=O) groups excluding carboxylic acids is 1. The highest BCUT2D eigenvalue weighted by Gasteiger charge is 2.29. The number of aromatic nitrogens is 1. The van der Waals surface area contributed by atoms with Crippen LogP contribution >= 0.6 is 11.8 Å². The van der Waals surface area contributed by atoms with E-state index in [0.29, 0.717) is 6.04 Å². The maximum Gasteiger partial charge on any atom is 0.270 e. The number of rotatable bonds is 3. The molecule has 0 spiro atoms. The average molecular weight is 358 g/mol. The second-order valence-corrected chi connectivity index (χ2v) is 8.36. The van der Waals surface area contributed by atoms with Crippen LogP contribution in [0.1, 0.15) is 36.2 Å². The standard InChI is InChI=1S/C20H27N3OS/c24-20(19-13-16-7-2-3-8-18(16)21-19)23-11-6-12-25-15-17(23)14-22-9-4-1-5-10-22/h2-3,7-8,13,17,21H,1,4-6,9-12,14-15H2. The normalized spacial score (nSPS) is 22.9. The molecule has 1 amide bonds. The number of piperidine rings is 1. The summed E-state index contributed by atoms with van der Waals surface area (Å²) in [5.41, 5.74) is 1.78. The molecule has 2 fully saturated rings. The third kappa shape index (κ3) is 3.87. The van der Waals surface area contributed by atoms with Gasteiger partial charge in [-0.3, -0.25) is 4.79 Å². The quantitative estimate of drug-likeness (QED) is 0.912. The second kappa shape index (κ2) is 7.83. The van der Waals surface area contributed by atoms with E-state index in [9.17, 15) is 4.79 Å². The van der Waals surface area contributed by atoms with Crippen LogP contribution in [-0.2, 0) is 0 Å². The number of H-pyrrole nitrogens is 1. The summed E-state index contributed by atoms with van der Waals surface area (Å²) < 4.78 is 0. The molecule has 1 unspecified atom stereocenters. The topological polar surface area (TPSA) is 39.3 Å². The van der Waals surface area contributed by atoms with Crippen LogP contribution in [0.25, 0.3) is 10.9 Å². The highest BCUT2D eigenvalue weighted by molar-refractivity contribution is 7.99. The maximum absolute atomic E-state index is 13.2. The van der Waals surface area contributed by atoms with Gasteiger partial charge in [0.25, 0.3) is 5.91 Å². The Hall–Kier alpha value is -1.46. The van der Waals surface area contributed by atoms with Crippen LogP contribution in [0.2, 0.25) is 0 Å². The van der Waals surface area contributed by atoms with Gasteiger partial charge in [-0.05, 0) is 50.2 Å². The van der Waals surface area contributed by atoms with Gasteiger partial charge in [0, 0.05) is 29.7 Å². The Bertz CT molecular complexity index is 690. The van der Waals surface area contributed by atoms with E-state index in [-0.39, 0.29) is 5.91 Å². The molecule has 0 radical (unpaired) electrons. The van der Waals surface area contributed by atoms with E-state index in [1.165, 1.54) is 32.4 Å². The zero-order chi connectivity index (χ0) is 17.1. The molecule has 1 atom stereocenters. The molecule has 2 saturated heterocycles. The molecule has 1 aromatic heterocycles. The maximum atomic E-state index is 13.2. The fourth-order valence-electron chi connectivity index (χ4n) is 4.03. The summed E-state index contributed by atoms with van der Waals surface area (Å²) in [5.74, 6) is 2.39. The Labute approximate surface area is 153 Å². The van der Waals surface area contributed by atoms with E-state index in [1.807, 2.05) is 36.0 Å². The lowest BCUT2D eigenvalue weighted by Crippen LogP contribution is -2.49. The first kappa shape index (κ1) is 17.0. The van der Waals surface area contributed by atoms with Crippen molar-refractivity contribution in [3.63, 3.8) is 0 Å². The van der Waals surface area contributed by atoms with Crippen molar-refractivity contribution in [3.8, 4) is 0 Å². The van der Waals surface area contributed by atoms with Crippen LogP contribution in [-0.4, -0.2) is 64.4 Å². The van der Waals surface area contributed by atoms with Crippen LogP contribution < -0.4 is 0 Å². The molecule has 2 aliphatic heterocycles. The minimum absolute atomic E-state index is 0.167. The van der Waals surface area contributed by atoms with Gasteiger partial charge in [0.1, 0.15) is 5.69 Å². The van der Waals surface area contributed by atoms with Gasteiger partial charge in [0.05, 0.1) is 6.04 Å². The minimum atomic E-state index is 0.167. The molecule has 4 rings (SSSR count). The van der Waals surface area contributed by atoms with E-state index >= 15 is 0 Å². The predicted octanol–water partition coefficient (Wildman–Crippen LogP) is 3.60.